The summed E-state index contributed by atoms with van der Waals surface area (Å²) in [5.41, 5.74) is 0.0438. The van der Waals surface area contributed by atoms with Gasteiger partial charge in [-0.05, 0) is 24.6 Å². The van der Waals surface area contributed by atoms with Crippen LogP contribution in [0.1, 0.15) is 23.7 Å². The van der Waals surface area contributed by atoms with Gasteiger partial charge in [0.05, 0.1) is 11.3 Å². The quantitative estimate of drug-likeness (QED) is 0.592. The number of aromatic carboxylic acids is 1. The summed E-state index contributed by atoms with van der Waals surface area (Å²) in [7, 11) is -0.941. The number of phenolic OH excluding ortho intramolecular Hbond substituents is 1. The zero-order chi connectivity index (χ0) is 16.0. The Morgan fingerprint density at radius 2 is 2.05 bits per heavy atom. The molecule has 4 N–H and O–H groups in total. The van der Waals surface area contributed by atoms with Gasteiger partial charge in [-0.2, -0.15) is 0 Å². The van der Waals surface area contributed by atoms with Gasteiger partial charge in [0.1, 0.15) is 5.75 Å². The van der Waals surface area contributed by atoms with Crippen LogP contribution in [0.4, 0.5) is 10.5 Å². The molecular formula is C13H18N2O5S. The lowest BCUT2D eigenvalue weighted by atomic mass is 10.2. The number of urea groups is 1. The van der Waals surface area contributed by atoms with Gasteiger partial charge in [-0.3, -0.25) is 4.21 Å². The van der Waals surface area contributed by atoms with Gasteiger partial charge >= 0.3 is 12.0 Å². The molecule has 1 aromatic carbocycles. The average molecular weight is 314 g/mol. The number of hydrogen-bond acceptors (Lipinski definition) is 4. The first kappa shape index (κ1) is 17.0. The van der Waals surface area contributed by atoms with Crippen molar-refractivity contribution in [2.45, 2.75) is 18.6 Å². The largest absolute Gasteiger partial charge is 0.506 e. The molecule has 0 saturated carbocycles. The van der Waals surface area contributed by atoms with Gasteiger partial charge in [-0.15, -0.1) is 0 Å². The standard InChI is InChI=1S/C13H18N2O5S/c1-8(21(2)20)5-6-14-13(19)15-10-4-3-9(12(17)18)7-11(10)16/h3-4,7-8,16H,5-6H2,1-2H3,(H,17,18)(H2,14,15,19). The number of carbonyl (C=O) groups excluding carboxylic acids is 1. The summed E-state index contributed by atoms with van der Waals surface area (Å²) in [5, 5.41) is 23.3. The molecule has 0 fully saturated rings. The second kappa shape index (κ2) is 7.63. The summed E-state index contributed by atoms with van der Waals surface area (Å²) in [4.78, 5) is 22.3. The van der Waals surface area contributed by atoms with E-state index in [0.29, 0.717) is 13.0 Å². The van der Waals surface area contributed by atoms with Crippen molar-refractivity contribution in [3.63, 3.8) is 0 Å². The van der Waals surface area contributed by atoms with Crippen molar-refractivity contribution in [1.29, 1.82) is 0 Å². The van der Waals surface area contributed by atoms with Crippen LogP contribution in [0.25, 0.3) is 0 Å². The van der Waals surface area contributed by atoms with Crippen molar-refractivity contribution in [2.24, 2.45) is 0 Å². The van der Waals surface area contributed by atoms with Crippen LogP contribution < -0.4 is 10.6 Å². The number of phenols is 1. The molecule has 0 aliphatic carbocycles. The molecule has 2 atom stereocenters. The number of anilines is 1. The van der Waals surface area contributed by atoms with Gasteiger partial charge in [0.15, 0.2) is 0 Å². The zero-order valence-corrected chi connectivity index (χ0v) is 12.6. The second-order valence-corrected chi connectivity index (χ2v) is 6.32. The molecule has 1 rings (SSSR count). The van der Waals surface area contributed by atoms with E-state index >= 15 is 0 Å². The summed E-state index contributed by atoms with van der Waals surface area (Å²) < 4.78 is 11.1. The molecule has 0 spiro atoms. The molecule has 0 aromatic heterocycles. The van der Waals surface area contributed by atoms with E-state index in [2.05, 4.69) is 10.6 Å². The van der Waals surface area contributed by atoms with E-state index in [4.69, 9.17) is 5.11 Å². The topological polar surface area (TPSA) is 116 Å². The first-order chi connectivity index (χ1) is 9.81. The molecule has 0 radical (unpaired) electrons. The Hall–Kier alpha value is -2.09. The molecule has 7 nitrogen and oxygen atoms in total. The maximum Gasteiger partial charge on any atom is 0.335 e. The van der Waals surface area contributed by atoms with Crippen LogP contribution >= 0.6 is 0 Å². The molecule has 0 saturated heterocycles. The average Bonchev–Trinajstić information content (AvgIpc) is 2.40. The van der Waals surface area contributed by atoms with Gasteiger partial charge in [-0.1, -0.05) is 6.92 Å². The Bertz CT molecular complexity index is 561. The van der Waals surface area contributed by atoms with E-state index < -0.39 is 22.8 Å². The number of hydrogen-bond donors (Lipinski definition) is 4. The molecule has 21 heavy (non-hydrogen) atoms. The van der Waals surface area contributed by atoms with Crippen molar-refractivity contribution in [1.82, 2.24) is 5.32 Å². The third-order valence-corrected chi connectivity index (χ3v) is 4.26. The Morgan fingerprint density at radius 1 is 1.38 bits per heavy atom. The summed E-state index contributed by atoms with van der Waals surface area (Å²) in [6.07, 6.45) is 2.17. The maximum absolute atomic E-state index is 11.6. The molecule has 0 aliphatic heterocycles. The van der Waals surface area contributed by atoms with Gasteiger partial charge in [0.2, 0.25) is 0 Å². The molecule has 0 aliphatic rings. The van der Waals surface area contributed by atoms with Crippen LogP contribution in [0.3, 0.4) is 0 Å². The molecule has 2 amide bonds. The number of carbonyl (C=O) groups is 2. The minimum Gasteiger partial charge on any atom is -0.506 e. The lowest BCUT2D eigenvalue weighted by Crippen LogP contribution is -2.31. The Morgan fingerprint density at radius 3 is 2.57 bits per heavy atom. The summed E-state index contributed by atoms with van der Waals surface area (Å²) in [6.45, 7) is 2.17. The van der Waals surface area contributed by atoms with Crippen LogP contribution in [-0.2, 0) is 10.8 Å². The number of benzene rings is 1. The third kappa shape index (κ3) is 5.42. The maximum atomic E-state index is 11.6. The second-order valence-electron chi connectivity index (χ2n) is 4.52. The highest BCUT2D eigenvalue weighted by atomic mass is 32.2. The molecule has 2 unspecified atom stereocenters. The zero-order valence-electron chi connectivity index (χ0n) is 11.8. The lowest BCUT2D eigenvalue weighted by molar-refractivity contribution is 0.0696. The van der Waals surface area contributed by atoms with Gasteiger partial charge in [0.25, 0.3) is 0 Å². The molecule has 1 aromatic rings. The summed E-state index contributed by atoms with van der Waals surface area (Å²) in [6, 6.07) is 3.12. The van der Waals surface area contributed by atoms with Crippen molar-refractivity contribution in [2.75, 3.05) is 18.1 Å². The Labute approximate surface area is 124 Å². The van der Waals surface area contributed by atoms with Crippen LogP contribution in [0, 0.1) is 0 Å². The summed E-state index contributed by atoms with van der Waals surface area (Å²) in [5.74, 6) is -1.49. The molecule has 8 heteroatoms. The molecule has 0 heterocycles. The number of amides is 2. The predicted octanol–water partition coefficient (Wildman–Crippen LogP) is 1.37. The first-order valence-corrected chi connectivity index (χ1v) is 7.86. The van der Waals surface area contributed by atoms with E-state index in [0.717, 1.165) is 6.07 Å². The fraction of sp³-hybridized carbons (Fsp3) is 0.385. The highest BCUT2D eigenvalue weighted by Crippen LogP contribution is 2.24. The van der Waals surface area contributed by atoms with Crippen LogP contribution in [0.2, 0.25) is 0 Å². The highest BCUT2D eigenvalue weighted by molar-refractivity contribution is 7.84. The van der Waals surface area contributed by atoms with Crippen LogP contribution in [0.15, 0.2) is 18.2 Å². The van der Waals surface area contributed by atoms with Crippen molar-refractivity contribution >= 4 is 28.5 Å². The minimum atomic E-state index is -1.16. The monoisotopic (exact) mass is 314 g/mol. The SMILES string of the molecule is CC(CCNC(=O)Nc1ccc(C(=O)O)cc1O)S(C)=O. The smallest absolute Gasteiger partial charge is 0.335 e. The van der Waals surface area contributed by atoms with E-state index in [1.807, 2.05) is 6.92 Å². The normalized spacial score (nSPS) is 13.2. The van der Waals surface area contributed by atoms with Crippen molar-refractivity contribution < 1.29 is 24.0 Å². The first-order valence-electron chi connectivity index (χ1n) is 6.24. The lowest BCUT2D eigenvalue weighted by Gasteiger charge is -2.11. The summed E-state index contributed by atoms with van der Waals surface area (Å²) >= 11 is 0. The number of carboxylic acids is 1. The van der Waals surface area contributed by atoms with Gasteiger partial charge in [-0.25, -0.2) is 9.59 Å². The van der Waals surface area contributed by atoms with Gasteiger partial charge < -0.3 is 20.8 Å². The molecule has 116 valence electrons. The Balaban J connectivity index is 2.52. The van der Waals surface area contributed by atoms with Crippen LogP contribution in [-0.4, -0.2) is 44.5 Å². The number of carboxylic acid groups (broad SMARTS) is 1. The van der Waals surface area contributed by atoms with E-state index in [9.17, 15) is 18.9 Å². The number of rotatable bonds is 6. The van der Waals surface area contributed by atoms with Crippen molar-refractivity contribution in [3.05, 3.63) is 23.8 Å². The van der Waals surface area contributed by atoms with Crippen molar-refractivity contribution in [3.8, 4) is 5.75 Å². The highest BCUT2D eigenvalue weighted by Gasteiger charge is 2.11. The number of nitrogens with one attached hydrogen (secondary N) is 2. The van der Waals surface area contributed by atoms with E-state index in [1.165, 1.54) is 12.1 Å². The van der Waals surface area contributed by atoms with Gasteiger partial charge in [0, 0.05) is 28.9 Å². The fourth-order valence-corrected chi connectivity index (χ4v) is 1.94. The van der Waals surface area contributed by atoms with E-state index in [-0.39, 0.29) is 22.3 Å². The molecular weight excluding hydrogens is 296 g/mol. The van der Waals surface area contributed by atoms with Crippen LogP contribution in [0.5, 0.6) is 5.75 Å². The Kier molecular flexibility index (Phi) is 6.16. The third-order valence-electron chi connectivity index (χ3n) is 2.90. The minimum absolute atomic E-state index is 0.0199. The predicted molar refractivity (Wildman–Crippen MR) is 80.2 cm³/mol. The number of aromatic hydroxyl groups is 1. The molecule has 0 bridgehead atoms. The van der Waals surface area contributed by atoms with E-state index in [1.54, 1.807) is 6.26 Å². The fourth-order valence-electron chi connectivity index (χ4n) is 1.49.